The first-order valence-corrected chi connectivity index (χ1v) is 6.14. The van der Waals surface area contributed by atoms with Crippen molar-refractivity contribution in [3.63, 3.8) is 0 Å². The molecule has 1 heterocycles. The Bertz CT molecular complexity index is 603. The van der Waals surface area contributed by atoms with Gasteiger partial charge in [-0.3, -0.25) is 9.48 Å². The molecule has 0 aliphatic heterocycles. The summed E-state index contributed by atoms with van der Waals surface area (Å²) in [5.74, 6) is 0.163. The lowest BCUT2D eigenvalue weighted by molar-refractivity contribution is 0.0940. The van der Waals surface area contributed by atoms with E-state index in [9.17, 15) is 4.79 Å². The number of anilines is 1. The van der Waals surface area contributed by atoms with Gasteiger partial charge in [0, 0.05) is 7.05 Å². The lowest BCUT2D eigenvalue weighted by Gasteiger charge is -2.16. The molecule has 3 N–H and O–H groups in total. The molecule has 2 aromatic rings. The Labute approximate surface area is 112 Å². The molecule has 1 unspecified atom stereocenters. The van der Waals surface area contributed by atoms with Gasteiger partial charge in [-0.15, -0.1) is 0 Å². The molecule has 0 spiro atoms. The first-order valence-electron chi connectivity index (χ1n) is 6.14. The van der Waals surface area contributed by atoms with Gasteiger partial charge < -0.3 is 11.1 Å². The van der Waals surface area contributed by atoms with Gasteiger partial charge in [-0.1, -0.05) is 24.3 Å². The maximum absolute atomic E-state index is 12.1. The number of amides is 1. The smallest absolute Gasteiger partial charge is 0.257 e. The fourth-order valence-corrected chi connectivity index (χ4v) is 2.05. The molecular formula is C14H18N4O. The van der Waals surface area contributed by atoms with Gasteiger partial charge in [-0.25, -0.2) is 0 Å². The van der Waals surface area contributed by atoms with Crippen molar-refractivity contribution >= 4 is 11.7 Å². The van der Waals surface area contributed by atoms with E-state index in [-0.39, 0.29) is 11.9 Å². The minimum Gasteiger partial charge on any atom is -0.383 e. The van der Waals surface area contributed by atoms with Crippen LogP contribution in [0.5, 0.6) is 0 Å². The number of aromatic nitrogens is 2. The lowest BCUT2D eigenvalue weighted by atomic mass is 10.0. The van der Waals surface area contributed by atoms with E-state index in [0.717, 1.165) is 11.1 Å². The van der Waals surface area contributed by atoms with Crippen LogP contribution < -0.4 is 11.1 Å². The zero-order valence-corrected chi connectivity index (χ0v) is 11.3. The Hall–Kier alpha value is -2.30. The summed E-state index contributed by atoms with van der Waals surface area (Å²) in [7, 11) is 1.71. The topological polar surface area (TPSA) is 72.9 Å². The highest BCUT2D eigenvalue weighted by Gasteiger charge is 2.17. The molecule has 1 amide bonds. The first-order chi connectivity index (χ1) is 9.00. The van der Waals surface area contributed by atoms with E-state index in [2.05, 4.69) is 10.4 Å². The first kappa shape index (κ1) is 13.1. The van der Waals surface area contributed by atoms with Crippen LogP contribution in [0.4, 0.5) is 5.82 Å². The SMILES string of the molecule is Cc1ccccc1C(C)NC(=O)c1cnn(C)c1N. The van der Waals surface area contributed by atoms with Crippen LogP contribution in [0.15, 0.2) is 30.5 Å². The predicted molar refractivity (Wildman–Crippen MR) is 74.7 cm³/mol. The van der Waals surface area contributed by atoms with Crippen LogP contribution >= 0.6 is 0 Å². The number of hydrogen-bond acceptors (Lipinski definition) is 3. The Kier molecular flexibility index (Phi) is 3.55. The van der Waals surface area contributed by atoms with Gasteiger partial charge >= 0.3 is 0 Å². The molecule has 0 saturated heterocycles. The van der Waals surface area contributed by atoms with Crippen LogP contribution in [0.1, 0.15) is 34.5 Å². The summed E-state index contributed by atoms with van der Waals surface area (Å²) in [6.07, 6.45) is 1.48. The molecule has 0 bridgehead atoms. The van der Waals surface area contributed by atoms with Gasteiger partial charge in [0.05, 0.1) is 12.2 Å². The monoisotopic (exact) mass is 258 g/mol. The van der Waals surface area contributed by atoms with E-state index in [1.807, 2.05) is 38.1 Å². The molecule has 100 valence electrons. The third-order valence-corrected chi connectivity index (χ3v) is 3.23. The summed E-state index contributed by atoms with van der Waals surface area (Å²) in [4.78, 5) is 12.1. The van der Waals surface area contributed by atoms with Crippen LogP contribution in [0.25, 0.3) is 0 Å². The van der Waals surface area contributed by atoms with Gasteiger partial charge in [-0.2, -0.15) is 5.10 Å². The van der Waals surface area contributed by atoms with Crippen molar-refractivity contribution in [2.24, 2.45) is 7.05 Å². The van der Waals surface area contributed by atoms with Crippen LogP contribution in [-0.2, 0) is 7.05 Å². The number of nitrogens with one attached hydrogen (secondary N) is 1. The Balaban J connectivity index is 2.16. The summed E-state index contributed by atoms with van der Waals surface area (Å²) in [5, 5.41) is 6.90. The quantitative estimate of drug-likeness (QED) is 0.881. The fraction of sp³-hybridized carbons (Fsp3) is 0.286. The van der Waals surface area contributed by atoms with Crippen LogP contribution in [-0.4, -0.2) is 15.7 Å². The van der Waals surface area contributed by atoms with E-state index in [0.29, 0.717) is 11.4 Å². The Morgan fingerprint density at radius 3 is 2.68 bits per heavy atom. The van der Waals surface area contributed by atoms with Crippen LogP contribution in [0, 0.1) is 6.92 Å². The van der Waals surface area contributed by atoms with Gasteiger partial charge in [0.15, 0.2) is 0 Å². The van der Waals surface area contributed by atoms with Crippen LogP contribution in [0.2, 0.25) is 0 Å². The summed E-state index contributed by atoms with van der Waals surface area (Å²) >= 11 is 0. The summed E-state index contributed by atoms with van der Waals surface area (Å²) in [5.41, 5.74) is 8.44. The molecule has 5 nitrogen and oxygen atoms in total. The number of benzene rings is 1. The van der Waals surface area contributed by atoms with Crippen molar-refractivity contribution in [1.82, 2.24) is 15.1 Å². The number of nitrogens with zero attached hydrogens (tertiary/aromatic N) is 2. The van der Waals surface area contributed by atoms with Crippen molar-refractivity contribution in [2.45, 2.75) is 19.9 Å². The molecule has 1 atom stereocenters. The molecule has 5 heteroatoms. The molecule has 1 aromatic carbocycles. The van der Waals surface area contributed by atoms with Gasteiger partial charge in [0.1, 0.15) is 11.4 Å². The number of carbonyl (C=O) groups excluding carboxylic acids is 1. The lowest BCUT2D eigenvalue weighted by Crippen LogP contribution is -2.27. The van der Waals surface area contributed by atoms with E-state index in [1.165, 1.54) is 10.9 Å². The van der Waals surface area contributed by atoms with Gasteiger partial charge in [0.2, 0.25) is 0 Å². The van der Waals surface area contributed by atoms with Crippen molar-refractivity contribution in [3.8, 4) is 0 Å². The van der Waals surface area contributed by atoms with Crippen molar-refractivity contribution in [1.29, 1.82) is 0 Å². The van der Waals surface area contributed by atoms with E-state index in [4.69, 9.17) is 5.73 Å². The standard InChI is InChI=1S/C14H18N4O/c1-9-6-4-5-7-11(9)10(2)17-14(19)12-8-16-18(3)13(12)15/h4-8,10H,15H2,1-3H3,(H,17,19). The average molecular weight is 258 g/mol. The van der Waals surface area contributed by atoms with Crippen molar-refractivity contribution in [2.75, 3.05) is 5.73 Å². The highest BCUT2D eigenvalue weighted by molar-refractivity contribution is 5.98. The number of nitrogen functional groups attached to an aromatic ring is 1. The fourth-order valence-electron chi connectivity index (χ4n) is 2.05. The third kappa shape index (κ3) is 2.59. The summed E-state index contributed by atoms with van der Waals surface area (Å²) in [6.45, 7) is 3.98. The molecule has 0 aliphatic rings. The number of rotatable bonds is 3. The van der Waals surface area contributed by atoms with Crippen molar-refractivity contribution < 1.29 is 4.79 Å². The van der Waals surface area contributed by atoms with Gasteiger partial charge in [-0.05, 0) is 25.0 Å². The maximum Gasteiger partial charge on any atom is 0.257 e. The normalized spacial score (nSPS) is 12.2. The molecule has 0 saturated carbocycles. The van der Waals surface area contributed by atoms with E-state index in [1.54, 1.807) is 7.05 Å². The second-order valence-corrected chi connectivity index (χ2v) is 4.62. The van der Waals surface area contributed by atoms with Crippen LogP contribution in [0.3, 0.4) is 0 Å². The largest absolute Gasteiger partial charge is 0.383 e. The zero-order chi connectivity index (χ0) is 14.0. The highest BCUT2D eigenvalue weighted by Crippen LogP contribution is 2.18. The number of hydrogen-bond donors (Lipinski definition) is 2. The van der Waals surface area contributed by atoms with E-state index < -0.39 is 0 Å². The predicted octanol–water partition coefficient (Wildman–Crippen LogP) is 1.80. The zero-order valence-electron chi connectivity index (χ0n) is 11.3. The van der Waals surface area contributed by atoms with Gasteiger partial charge in [0.25, 0.3) is 5.91 Å². The molecule has 0 radical (unpaired) electrons. The number of nitrogens with two attached hydrogens (primary N) is 1. The highest BCUT2D eigenvalue weighted by atomic mass is 16.1. The number of aryl methyl sites for hydroxylation is 2. The van der Waals surface area contributed by atoms with Crippen molar-refractivity contribution in [3.05, 3.63) is 47.2 Å². The van der Waals surface area contributed by atoms with E-state index >= 15 is 0 Å². The second-order valence-electron chi connectivity index (χ2n) is 4.62. The molecule has 1 aromatic heterocycles. The molecular weight excluding hydrogens is 240 g/mol. The maximum atomic E-state index is 12.1. The summed E-state index contributed by atoms with van der Waals surface area (Å²) < 4.78 is 1.48. The molecule has 0 fully saturated rings. The Morgan fingerprint density at radius 2 is 2.11 bits per heavy atom. The second kappa shape index (κ2) is 5.14. The molecule has 19 heavy (non-hydrogen) atoms. The number of carbonyl (C=O) groups is 1. The average Bonchev–Trinajstić information content (AvgIpc) is 2.70. The minimum atomic E-state index is -0.207. The molecule has 0 aliphatic carbocycles. The summed E-state index contributed by atoms with van der Waals surface area (Å²) in [6, 6.07) is 7.90. The Morgan fingerprint density at radius 1 is 1.42 bits per heavy atom. The third-order valence-electron chi connectivity index (χ3n) is 3.23. The molecule has 2 rings (SSSR count). The minimum absolute atomic E-state index is 0.0756.